The molecular formula is C29H28N4O4. The van der Waals surface area contributed by atoms with E-state index in [-0.39, 0.29) is 6.79 Å². The van der Waals surface area contributed by atoms with Crippen LogP contribution in [0.3, 0.4) is 0 Å². The number of hydrogen-bond donors (Lipinski definition) is 0. The van der Waals surface area contributed by atoms with E-state index in [1.54, 1.807) is 14.2 Å². The molecule has 8 nitrogen and oxygen atoms in total. The Labute approximate surface area is 215 Å². The van der Waals surface area contributed by atoms with Crippen LogP contribution < -0.4 is 9.47 Å². The fourth-order valence-corrected chi connectivity index (χ4v) is 4.15. The molecule has 0 atom stereocenters. The number of rotatable bonds is 11. The zero-order valence-corrected chi connectivity index (χ0v) is 20.8. The molecule has 37 heavy (non-hydrogen) atoms. The maximum Gasteiger partial charge on any atom is 0.231 e. The number of aromatic nitrogens is 3. The van der Waals surface area contributed by atoms with Crippen LogP contribution in [0.1, 0.15) is 17.0 Å². The number of fused-ring (bicyclic) bond motifs is 1. The van der Waals surface area contributed by atoms with E-state index in [4.69, 9.17) is 23.6 Å². The second kappa shape index (κ2) is 11.6. The quantitative estimate of drug-likeness (QED) is 0.222. The molecule has 2 aromatic carbocycles. The Balaban J connectivity index is 1.49. The van der Waals surface area contributed by atoms with Gasteiger partial charge < -0.3 is 18.6 Å². The highest BCUT2D eigenvalue weighted by Gasteiger charge is 2.18. The van der Waals surface area contributed by atoms with Gasteiger partial charge in [0, 0.05) is 39.1 Å². The lowest BCUT2D eigenvalue weighted by Crippen LogP contribution is -2.23. The Morgan fingerprint density at radius 3 is 2.22 bits per heavy atom. The van der Waals surface area contributed by atoms with E-state index in [1.165, 1.54) is 0 Å². The van der Waals surface area contributed by atoms with Crippen molar-refractivity contribution in [1.29, 1.82) is 0 Å². The Bertz CT molecular complexity index is 1400. The summed E-state index contributed by atoms with van der Waals surface area (Å²) in [5.74, 6) is 1.73. The van der Waals surface area contributed by atoms with Crippen LogP contribution in [0.25, 0.3) is 22.6 Å². The predicted molar refractivity (Wildman–Crippen MR) is 140 cm³/mol. The third-order valence-corrected chi connectivity index (χ3v) is 5.87. The van der Waals surface area contributed by atoms with Crippen LogP contribution in [-0.2, 0) is 24.4 Å². The predicted octanol–water partition coefficient (Wildman–Crippen LogP) is 5.48. The van der Waals surface area contributed by atoms with Crippen molar-refractivity contribution in [3.63, 3.8) is 0 Å². The van der Waals surface area contributed by atoms with Crippen LogP contribution in [0.5, 0.6) is 11.5 Å². The van der Waals surface area contributed by atoms with Crippen molar-refractivity contribution in [2.24, 2.45) is 0 Å². The normalized spacial score (nSPS) is 11.2. The van der Waals surface area contributed by atoms with Gasteiger partial charge in [-0.25, -0.2) is 4.98 Å². The highest BCUT2D eigenvalue weighted by molar-refractivity contribution is 5.80. The van der Waals surface area contributed by atoms with Gasteiger partial charge >= 0.3 is 0 Å². The van der Waals surface area contributed by atoms with Gasteiger partial charge in [-0.15, -0.1) is 0 Å². The fraction of sp³-hybridized carbons (Fsp3) is 0.207. The number of nitrogens with zero attached hydrogens (tertiary/aromatic N) is 4. The summed E-state index contributed by atoms with van der Waals surface area (Å²) in [5.41, 5.74) is 5.21. The fourth-order valence-electron chi connectivity index (χ4n) is 4.15. The Morgan fingerprint density at radius 2 is 1.57 bits per heavy atom. The average Bonchev–Trinajstić information content (AvgIpc) is 3.38. The Kier molecular flexibility index (Phi) is 7.69. The Morgan fingerprint density at radius 1 is 0.811 bits per heavy atom. The molecule has 0 fully saturated rings. The topological polar surface area (TPSA) is 82.7 Å². The van der Waals surface area contributed by atoms with Gasteiger partial charge in [0.1, 0.15) is 17.0 Å². The molecule has 3 heterocycles. The molecule has 0 bridgehead atoms. The van der Waals surface area contributed by atoms with Crippen molar-refractivity contribution in [2.75, 3.05) is 21.0 Å². The smallest absolute Gasteiger partial charge is 0.231 e. The first-order chi connectivity index (χ1) is 18.2. The lowest BCUT2D eigenvalue weighted by Gasteiger charge is -2.22. The van der Waals surface area contributed by atoms with E-state index < -0.39 is 0 Å². The van der Waals surface area contributed by atoms with E-state index in [0.717, 1.165) is 22.5 Å². The van der Waals surface area contributed by atoms with Gasteiger partial charge in [-0.3, -0.25) is 14.9 Å². The van der Waals surface area contributed by atoms with Crippen molar-refractivity contribution in [3.05, 3.63) is 102 Å². The maximum atomic E-state index is 6.20. The largest absolute Gasteiger partial charge is 0.497 e. The van der Waals surface area contributed by atoms with Gasteiger partial charge in [-0.2, -0.15) is 0 Å². The molecule has 0 aliphatic rings. The van der Waals surface area contributed by atoms with Crippen molar-refractivity contribution in [1.82, 2.24) is 19.9 Å². The standard InChI is InChI=1S/C29H28N4O4/c1-34-20-36-26-13-12-24(35-2)16-25(26)29-32-28-21(8-7-11-27(28)37-29)17-33(18-22-9-3-5-14-30-22)19-23-10-4-6-15-31-23/h3-16H,17-20H2,1-2H3. The van der Waals surface area contributed by atoms with Crippen molar-refractivity contribution in [2.45, 2.75) is 19.6 Å². The number of pyridine rings is 2. The van der Waals surface area contributed by atoms with E-state index in [0.29, 0.717) is 48.2 Å². The van der Waals surface area contributed by atoms with Gasteiger partial charge in [0.2, 0.25) is 5.89 Å². The maximum absolute atomic E-state index is 6.20. The third-order valence-electron chi connectivity index (χ3n) is 5.87. The van der Waals surface area contributed by atoms with Crippen LogP contribution in [0, 0.1) is 0 Å². The summed E-state index contributed by atoms with van der Waals surface area (Å²) in [4.78, 5) is 16.2. The van der Waals surface area contributed by atoms with Crippen LogP contribution in [0.4, 0.5) is 0 Å². The summed E-state index contributed by atoms with van der Waals surface area (Å²) >= 11 is 0. The van der Waals surface area contributed by atoms with E-state index in [1.807, 2.05) is 79.1 Å². The molecule has 0 unspecified atom stereocenters. The van der Waals surface area contributed by atoms with Crippen LogP contribution in [0.15, 0.2) is 89.6 Å². The van der Waals surface area contributed by atoms with Crippen molar-refractivity contribution >= 4 is 11.1 Å². The second-order valence-corrected chi connectivity index (χ2v) is 8.48. The van der Waals surface area contributed by atoms with Gasteiger partial charge in [0.05, 0.1) is 24.1 Å². The minimum absolute atomic E-state index is 0.112. The molecule has 0 radical (unpaired) electrons. The molecule has 0 saturated heterocycles. The Hall–Kier alpha value is -4.27. The number of methoxy groups -OCH3 is 2. The summed E-state index contributed by atoms with van der Waals surface area (Å²) in [6.45, 7) is 2.09. The van der Waals surface area contributed by atoms with Crippen LogP contribution >= 0.6 is 0 Å². The highest BCUT2D eigenvalue weighted by Crippen LogP contribution is 2.35. The highest BCUT2D eigenvalue weighted by atomic mass is 16.7. The first-order valence-corrected chi connectivity index (χ1v) is 11.9. The molecule has 0 spiro atoms. The summed E-state index contributed by atoms with van der Waals surface area (Å²) in [5, 5.41) is 0. The minimum Gasteiger partial charge on any atom is -0.497 e. The van der Waals surface area contributed by atoms with Crippen LogP contribution in [-0.4, -0.2) is 40.9 Å². The lowest BCUT2D eigenvalue weighted by molar-refractivity contribution is 0.0514. The summed E-state index contributed by atoms with van der Waals surface area (Å²) in [6.07, 6.45) is 3.63. The minimum atomic E-state index is 0.112. The second-order valence-electron chi connectivity index (χ2n) is 8.48. The number of hydrogen-bond acceptors (Lipinski definition) is 8. The number of benzene rings is 2. The van der Waals surface area contributed by atoms with Gasteiger partial charge in [-0.05, 0) is 54.1 Å². The summed E-state index contributed by atoms with van der Waals surface area (Å²) < 4.78 is 22.5. The molecular weight excluding hydrogens is 468 g/mol. The van der Waals surface area contributed by atoms with Crippen LogP contribution in [0.2, 0.25) is 0 Å². The molecule has 188 valence electrons. The van der Waals surface area contributed by atoms with Gasteiger partial charge in [0.25, 0.3) is 0 Å². The first kappa shape index (κ1) is 24.4. The molecule has 3 aromatic heterocycles. The third kappa shape index (κ3) is 5.94. The van der Waals surface area contributed by atoms with Gasteiger partial charge in [-0.1, -0.05) is 24.3 Å². The lowest BCUT2D eigenvalue weighted by atomic mass is 10.1. The number of para-hydroxylation sites is 1. The summed E-state index contributed by atoms with van der Waals surface area (Å²) in [7, 11) is 3.20. The number of oxazole rings is 1. The monoisotopic (exact) mass is 496 g/mol. The molecule has 0 amide bonds. The molecule has 5 aromatic rings. The zero-order chi connectivity index (χ0) is 25.5. The zero-order valence-electron chi connectivity index (χ0n) is 20.8. The SMILES string of the molecule is COCOc1ccc(OC)cc1-c1nc2c(CN(Cc3ccccn3)Cc3ccccn3)cccc2o1. The molecule has 8 heteroatoms. The van der Waals surface area contributed by atoms with E-state index in [2.05, 4.69) is 20.9 Å². The van der Waals surface area contributed by atoms with Crippen molar-refractivity contribution < 1.29 is 18.6 Å². The average molecular weight is 497 g/mol. The van der Waals surface area contributed by atoms with Gasteiger partial charge in [0.15, 0.2) is 12.4 Å². The molecule has 0 aliphatic carbocycles. The van der Waals surface area contributed by atoms with E-state index >= 15 is 0 Å². The molecule has 5 rings (SSSR count). The van der Waals surface area contributed by atoms with E-state index in [9.17, 15) is 0 Å². The first-order valence-electron chi connectivity index (χ1n) is 11.9. The van der Waals surface area contributed by atoms with Crippen molar-refractivity contribution in [3.8, 4) is 23.0 Å². The molecule has 0 aliphatic heterocycles. The molecule has 0 N–H and O–H groups in total. The molecule has 0 saturated carbocycles. The summed E-state index contributed by atoms with van der Waals surface area (Å²) in [6, 6.07) is 23.4. The number of ether oxygens (including phenoxy) is 3.